The molecule has 0 aliphatic heterocycles. The van der Waals surface area contributed by atoms with Crippen molar-refractivity contribution in [1.82, 2.24) is 9.55 Å². The molecule has 1 heterocycles. The highest BCUT2D eigenvalue weighted by atomic mass is 35.5. The summed E-state index contributed by atoms with van der Waals surface area (Å²) in [5.74, 6) is -0.855. The molecular formula is C13H15ClN2O2S2. The van der Waals surface area contributed by atoms with E-state index in [1.165, 1.54) is 11.8 Å². The summed E-state index contributed by atoms with van der Waals surface area (Å²) >= 11 is 9.25. The van der Waals surface area contributed by atoms with E-state index in [0.29, 0.717) is 15.4 Å². The number of carbonyl (C=O) groups is 1. The molecule has 1 unspecified atom stereocenters. The molecule has 0 radical (unpaired) electrons. The molecule has 0 spiro atoms. The number of imidazole rings is 1. The van der Waals surface area contributed by atoms with Crippen LogP contribution in [0.1, 0.15) is 6.92 Å². The molecule has 1 aromatic heterocycles. The van der Waals surface area contributed by atoms with Gasteiger partial charge in [0.15, 0.2) is 5.16 Å². The van der Waals surface area contributed by atoms with Crippen molar-refractivity contribution in [2.24, 2.45) is 0 Å². The number of rotatable bonds is 6. The van der Waals surface area contributed by atoms with E-state index in [1.54, 1.807) is 11.8 Å². The Hall–Kier alpha value is -0.850. The van der Waals surface area contributed by atoms with E-state index in [2.05, 4.69) is 18.2 Å². The monoisotopic (exact) mass is 330 g/mol. The SMILES string of the molecule is CSC(C)Cn1c(SCC(=O)O)nc2cccc(Cl)c21. The van der Waals surface area contributed by atoms with E-state index < -0.39 is 5.97 Å². The van der Waals surface area contributed by atoms with E-state index in [0.717, 1.165) is 17.6 Å². The predicted octanol–water partition coefficient (Wildman–Crippen LogP) is 3.62. The molecule has 0 aliphatic rings. The minimum absolute atomic E-state index is 0.00537. The van der Waals surface area contributed by atoms with Crippen LogP contribution in [0.15, 0.2) is 23.4 Å². The van der Waals surface area contributed by atoms with Gasteiger partial charge in [-0.2, -0.15) is 11.8 Å². The van der Waals surface area contributed by atoms with Crippen molar-refractivity contribution in [3.63, 3.8) is 0 Å². The zero-order valence-electron chi connectivity index (χ0n) is 11.2. The van der Waals surface area contributed by atoms with Crippen LogP contribution in [0.3, 0.4) is 0 Å². The van der Waals surface area contributed by atoms with Crippen molar-refractivity contribution in [3.05, 3.63) is 23.2 Å². The summed E-state index contributed by atoms with van der Waals surface area (Å²) in [5.41, 5.74) is 1.68. The summed E-state index contributed by atoms with van der Waals surface area (Å²) in [4.78, 5) is 15.3. The smallest absolute Gasteiger partial charge is 0.313 e. The van der Waals surface area contributed by atoms with Gasteiger partial charge in [0.05, 0.1) is 21.8 Å². The number of benzene rings is 1. The van der Waals surface area contributed by atoms with Crippen LogP contribution in [-0.2, 0) is 11.3 Å². The number of hydrogen-bond acceptors (Lipinski definition) is 4. The Morgan fingerprint density at radius 1 is 1.55 bits per heavy atom. The average molecular weight is 331 g/mol. The number of aliphatic carboxylic acids is 1. The molecule has 0 saturated carbocycles. The summed E-state index contributed by atoms with van der Waals surface area (Å²) < 4.78 is 2.02. The molecule has 0 amide bonds. The summed E-state index contributed by atoms with van der Waals surface area (Å²) in [7, 11) is 0. The maximum atomic E-state index is 10.8. The first-order chi connectivity index (χ1) is 9.52. The number of nitrogens with zero attached hydrogens (tertiary/aromatic N) is 2. The van der Waals surface area contributed by atoms with E-state index in [9.17, 15) is 4.79 Å². The molecule has 2 aromatic rings. The quantitative estimate of drug-likeness (QED) is 0.820. The van der Waals surface area contributed by atoms with Gasteiger partial charge in [-0.1, -0.05) is 36.4 Å². The fraction of sp³-hybridized carbons (Fsp3) is 0.385. The Labute approximate surface area is 130 Å². The highest BCUT2D eigenvalue weighted by Gasteiger charge is 2.16. The predicted molar refractivity (Wildman–Crippen MR) is 86.1 cm³/mol. The van der Waals surface area contributed by atoms with Crippen molar-refractivity contribution >= 4 is 52.1 Å². The van der Waals surface area contributed by atoms with Gasteiger partial charge in [-0.05, 0) is 18.4 Å². The third-order valence-electron chi connectivity index (χ3n) is 2.85. The van der Waals surface area contributed by atoms with E-state index in [4.69, 9.17) is 16.7 Å². The molecule has 0 fully saturated rings. The van der Waals surface area contributed by atoms with Crippen molar-refractivity contribution in [3.8, 4) is 0 Å². The second-order valence-corrected chi connectivity index (χ2v) is 6.97. The number of carboxylic acids is 1. The summed E-state index contributed by atoms with van der Waals surface area (Å²) in [6.45, 7) is 2.88. The van der Waals surface area contributed by atoms with Crippen LogP contribution in [0.25, 0.3) is 11.0 Å². The molecule has 7 heteroatoms. The van der Waals surface area contributed by atoms with Crippen LogP contribution >= 0.6 is 35.1 Å². The maximum absolute atomic E-state index is 10.8. The molecule has 1 N–H and O–H groups in total. The Bertz CT molecular complexity index is 630. The van der Waals surface area contributed by atoms with Gasteiger partial charge in [0, 0.05) is 11.8 Å². The number of aromatic nitrogens is 2. The lowest BCUT2D eigenvalue weighted by Gasteiger charge is -2.13. The van der Waals surface area contributed by atoms with Gasteiger partial charge < -0.3 is 9.67 Å². The lowest BCUT2D eigenvalue weighted by atomic mass is 10.3. The third kappa shape index (κ3) is 3.42. The molecule has 20 heavy (non-hydrogen) atoms. The number of fused-ring (bicyclic) bond motifs is 1. The highest BCUT2D eigenvalue weighted by molar-refractivity contribution is 7.99. The Kier molecular flexibility index (Phi) is 5.23. The Morgan fingerprint density at radius 2 is 2.30 bits per heavy atom. The normalized spacial score (nSPS) is 12.8. The lowest BCUT2D eigenvalue weighted by Crippen LogP contribution is -2.11. The molecule has 1 aromatic carbocycles. The summed E-state index contributed by atoms with van der Waals surface area (Å²) in [6, 6.07) is 5.58. The molecule has 0 saturated heterocycles. The van der Waals surface area contributed by atoms with Crippen molar-refractivity contribution in [2.45, 2.75) is 23.9 Å². The molecule has 0 aliphatic carbocycles. The van der Waals surface area contributed by atoms with Crippen LogP contribution in [-0.4, -0.2) is 37.9 Å². The van der Waals surface area contributed by atoms with Crippen molar-refractivity contribution in [2.75, 3.05) is 12.0 Å². The minimum atomic E-state index is -0.849. The average Bonchev–Trinajstić information content (AvgIpc) is 2.75. The van der Waals surface area contributed by atoms with Crippen LogP contribution < -0.4 is 0 Å². The van der Waals surface area contributed by atoms with Gasteiger partial charge in [0.25, 0.3) is 0 Å². The number of carboxylic acid groups (broad SMARTS) is 1. The van der Waals surface area contributed by atoms with Crippen LogP contribution in [0.4, 0.5) is 0 Å². The highest BCUT2D eigenvalue weighted by Crippen LogP contribution is 2.30. The van der Waals surface area contributed by atoms with Gasteiger partial charge in [-0.3, -0.25) is 4.79 Å². The Balaban J connectivity index is 2.46. The first-order valence-electron chi connectivity index (χ1n) is 6.05. The standard InChI is InChI=1S/C13H15ClN2O2S2/c1-8(19-2)6-16-12-9(14)4-3-5-10(12)15-13(16)20-7-11(17)18/h3-5,8H,6-7H2,1-2H3,(H,17,18). The molecule has 108 valence electrons. The van der Waals surface area contributed by atoms with Gasteiger partial charge in [-0.15, -0.1) is 0 Å². The van der Waals surface area contributed by atoms with Crippen molar-refractivity contribution in [1.29, 1.82) is 0 Å². The lowest BCUT2D eigenvalue weighted by molar-refractivity contribution is -0.133. The van der Waals surface area contributed by atoms with Gasteiger partial charge in [0.1, 0.15) is 0 Å². The van der Waals surface area contributed by atoms with Gasteiger partial charge in [-0.25, -0.2) is 4.98 Å². The minimum Gasteiger partial charge on any atom is -0.481 e. The summed E-state index contributed by atoms with van der Waals surface area (Å²) in [6.07, 6.45) is 2.05. The first-order valence-corrected chi connectivity index (χ1v) is 8.70. The molecule has 1 atom stereocenters. The Morgan fingerprint density at radius 3 is 2.95 bits per heavy atom. The van der Waals surface area contributed by atoms with E-state index in [1.807, 2.05) is 22.8 Å². The van der Waals surface area contributed by atoms with Crippen LogP contribution in [0, 0.1) is 0 Å². The fourth-order valence-corrected chi connectivity index (χ4v) is 3.16. The fourth-order valence-electron chi connectivity index (χ4n) is 1.86. The van der Waals surface area contributed by atoms with Crippen LogP contribution in [0.2, 0.25) is 5.02 Å². The maximum Gasteiger partial charge on any atom is 0.313 e. The van der Waals surface area contributed by atoms with Gasteiger partial charge in [0.2, 0.25) is 0 Å². The number of hydrogen-bond donors (Lipinski definition) is 1. The number of thioether (sulfide) groups is 2. The van der Waals surface area contributed by atoms with E-state index in [-0.39, 0.29) is 5.75 Å². The molecular weight excluding hydrogens is 316 g/mol. The summed E-state index contributed by atoms with van der Waals surface area (Å²) in [5, 5.41) is 10.6. The second kappa shape index (κ2) is 6.74. The number of halogens is 1. The van der Waals surface area contributed by atoms with Crippen LogP contribution in [0.5, 0.6) is 0 Å². The first kappa shape index (κ1) is 15.5. The third-order valence-corrected chi connectivity index (χ3v) is 5.07. The molecule has 2 rings (SSSR count). The zero-order valence-corrected chi connectivity index (χ0v) is 13.6. The largest absolute Gasteiger partial charge is 0.481 e. The van der Waals surface area contributed by atoms with Gasteiger partial charge >= 0.3 is 5.97 Å². The molecule has 0 bridgehead atoms. The topological polar surface area (TPSA) is 55.1 Å². The number of para-hydroxylation sites is 1. The molecule has 4 nitrogen and oxygen atoms in total. The zero-order chi connectivity index (χ0) is 14.7. The van der Waals surface area contributed by atoms with Crippen molar-refractivity contribution < 1.29 is 9.90 Å². The van der Waals surface area contributed by atoms with E-state index >= 15 is 0 Å². The second-order valence-electron chi connectivity index (χ2n) is 4.34.